The number of amides is 2. The van der Waals surface area contributed by atoms with Crippen LogP contribution in [0.2, 0.25) is 5.02 Å². The predicted octanol–water partition coefficient (Wildman–Crippen LogP) is 3.89. The number of aliphatic hydroxyl groups excluding tert-OH is 1. The van der Waals surface area contributed by atoms with E-state index in [1.54, 1.807) is 0 Å². The quantitative estimate of drug-likeness (QED) is 0.469. The molecule has 3 N–H and O–H groups in total. The number of aromatic amines is 1. The number of fused-ring (bicyclic) bond motifs is 2. The van der Waals surface area contributed by atoms with Crippen molar-refractivity contribution in [1.29, 1.82) is 0 Å². The van der Waals surface area contributed by atoms with Crippen LogP contribution in [0.1, 0.15) is 61.0 Å². The maximum atomic E-state index is 13.7. The predicted molar refractivity (Wildman–Crippen MR) is 135 cm³/mol. The zero-order valence-corrected chi connectivity index (χ0v) is 21.8. The number of nitrogens with zero attached hydrogens (tertiary/aromatic N) is 1. The van der Waals surface area contributed by atoms with E-state index in [0.29, 0.717) is 25.7 Å². The molecule has 3 fully saturated rings. The summed E-state index contributed by atoms with van der Waals surface area (Å²) in [5.74, 6) is -2.33. The molecule has 1 aromatic heterocycles. The number of ketones is 2. The van der Waals surface area contributed by atoms with Crippen LogP contribution in [0.4, 0.5) is 13.2 Å². The Hall–Kier alpha value is -2.92. The van der Waals surface area contributed by atoms with Crippen LogP contribution < -0.4 is 5.32 Å². The molecule has 5 rings (SSSR count). The molecule has 8 nitrogen and oxygen atoms in total. The Morgan fingerprint density at radius 2 is 1.95 bits per heavy atom. The van der Waals surface area contributed by atoms with Gasteiger partial charge in [-0.2, -0.15) is 13.2 Å². The second kappa shape index (κ2) is 10.6. The highest BCUT2D eigenvalue weighted by Crippen LogP contribution is 2.43. The van der Waals surface area contributed by atoms with Gasteiger partial charge in [0.2, 0.25) is 5.91 Å². The van der Waals surface area contributed by atoms with Gasteiger partial charge < -0.3 is 20.3 Å². The highest BCUT2D eigenvalue weighted by molar-refractivity contribution is 6.35. The van der Waals surface area contributed by atoms with Crippen LogP contribution >= 0.6 is 11.6 Å². The van der Waals surface area contributed by atoms with Crippen LogP contribution in [0.15, 0.2) is 18.2 Å². The Labute approximate surface area is 227 Å². The van der Waals surface area contributed by atoms with Gasteiger partial charge in [-0.15, -0.1) is 0 Å². The summed E-state index contributed by atoms with van der Waals surface area (Å²) in [5.41, 5.74) is -1.39. The van der Waals surface area contributed by atoms with Gasteiger partial charge in [0, 0.05) is 29.3 Å². The van der Waals surface area contributed by atoms with Crippen molar-refractivity contribution >= 4 is 45.9 Å². The van der Waals surface area contributed by atoms with Crippen molar-refractivity contribution in [1.82, 2.24) is 15.2 Å². The second-order valence-electron chi connectivity index (χ2n) is 10.8. The molecule has 0 spiro atoms. The van der Waals surface area contributed by atoms with Crippen LogP contribution in [-0.2, 0) is 20.6 Å². The molecule has 39 heavy (non-hydrogen) atoms. The van der Waals surface area contributed by atoms with Gasteiger partial charge in [0.05, 0.1) is 17.1 Å². The molecule has 12 heteroatoms. The molecule has 2 saturated carbocycles. The first-order valence-electron chi connectivity index (χ1n) is 13.2. The fourth-order valence-electron chi connectivity index (χ4n) is 6.60. The molecule has 2 amide bonds. The summed E-state index contributed by atoms with van der Waals surface area (Å²) in [6.45, 7) is -0.556. The van der Waals surface area contributed by atoms with Crippen molar-refractivity contribution in [3.8, 4) is 0 Å². The van der Waals surface area contributed by atoms with E-state index in [0.717, 1.165) is 25.0 Å². The molecule has 3 aliphatic rings. The topological polar surface area (TPSA) is 120 Å². The SMILES string of the molecule is O=C1CCC[C@H]1C[C@H](NC(=O)[C@@H]1[C@H]2CCC[C@H]2CN1C(=O)c1cc2c(Cl)ccc(C(F)(F)F)c2[nH]1)C(=O)CO. The third kappa shape index (κ3) is 5.18. The zero-order valence-electron chi connectivity index (χ0n) is 21.0. The maximum Gasteiger partial charge on any atom is 0.418 e. The van der Waals surface area contributed by atoms with Crippen LogP contribution in [0.3, 0.4) is 0 Å². The number of benzene rings is 1. The van der Waals surface area contributed by atoms with Crippen LogP contribution in [-0.4, -0.2) is 63.6 Å². The molecule has 0 bridgehead atoms. The van der Waals surface area contributed by atoms with Crippen molar-refractivity contribution in [2.24, 2.45) is 17.8 Å². The summed E-state index contributed by atoms with van der Waals surface area (Å²) in [6, 6.07) is 1.22. The minimum Gasteiger partial charge on any atom is -0.389 e. The standard InChI is InChI=1S/C27H29ClF3N3O5/c28-18-8-7-17(27(29,30)31)23-16(18)10-20(32-23)26(39)34-11-14-4-1-5-15(14)24(34)25(38)33-19(22(37)12-35)9-13-3-2-6-21(13)36/h7-8,10,13-15,19,24,32,35H,1-6,9,11-12H2,(H,33,38)/t13-,14-,15-,19-,24-/m0/s1. The van der Waals surface area contributed by atoms with E-state index in [-0.39, 0.29) is 58.1 Å². The largest absolute Gasteiger partial charge is 0.418 e. The lowest BCUT2D eigenvalue weighted by Crippen LogP contribution is -2.53. The lowest BCUT2D eigenvalue weighted by Gasteiger charge is -2.29. The molecule has 1 saturated heterocycles. The lowest BCUT2D eigenvalue weighted by molar-refractivity contribution is -0.136. The van der Waals surface area contributed by atoms with Crippen molar-refractivity contribution in [2.75, 3.05) is 13.2 Å². The zero-order chi connectivity index (χ0) is 28.1. The monoisotopic (exact) mass is 567 g/mol. The number of halogens is 4. The third-order valence-electron chi connectivity index (χ3n) is 8.51. The van der Waals surface area contributed by atoms with Crippen molar-refractivity contribution in [3.63, 3.8) is 0 Å². The molecule has 210 valence electrons. The Morgan fingerprint density at radius 3 is 2.62 bits per heavy atom. The first-order chi connectivity index (χ1) is 18.5. The first-order valence-corrected chi connectivity index (χ1v) is 13.5. The molecule has 2 heterocycles. The van der Waals surface area contributed by atoms with Crippen LogP contribution in [0.5, 0.6) is 0 Å². The average Bonchev–Trinajstić information content (AvgIpc) is 3.66. The Morgan fingerprint density at radius 1 is 1.18 bits per heavy atom. The van der Waals surface area contributed by atoms with Crippen molar-refractivity contribution < 1.29 is 37.5 Å². The summed E-state index contributed by atoms with van der Waals surface area (Å²) < 4.78 is 40.8. The van der Waals surface area contributed by atoms with Crippen molar-refractivity contribution in [3.05, 3.63) is 34.5 Å². The minimum absolute atomic E-state index is 0.0178. The summed E-state index contributed by atoms with van der Waals surface area (Å²) in [7, 11) is 0. The summed E-state index contributed by atoms with van der Waals surface area (Å²) >= 11 is 6.14. The molecule has 5 atom stereocenters. The van der Waals surface area contributed by atoms with E-state index in [1.807, 2.05) is 0 Å². The molecule has 0 radical (unpaired) electrons. The van der Waals surface area contributed by atoms with Gasteiger partial charge in [-0.3, -0.25) is 19.2 Å². The number of nitrogens with one attached hydrogen (secondary N) is 2. The molecule has 1 aliphatic heterocycles. The van der Waals surface area contributed by atoms with Crippen molar-refractivity contribution in [2.45, 2.75) is 63.2 Å². The number of hydrogen-bond donors (Lipinski definition) is 3. The van der Waals surface area contributed by atoms with Crippen LogP contribution in [0.25, 0.3) is 10.9 Å². The van der Waals surface area contributed by atoms with E-state index >= 15 is 0 Å². The van der Waals surface area contributed by atoms with Gasteiger partial charge in [-0.1, -0.05) is 18.0 Å². The van der Waals surface area contributed by atoms with Gasteiger partial charge in [-0.25, -0.2) is 0 Å². The van der Waals surface area contributed by atoms with E-state index in [2.05, 4.69) is 10.3 Å². The Kier molecular flexibility index (Phi) is 7.49. The molecule has 2 aliphatic carbocycles. The number of hydrogen-bond acceptors (Lipinski definition) is 5. The number of aromatic nitrogens is 1. The molecule has 0 unspecified atom stereocenters. The third-order valence-corrected chi connectivity index (χ3v) is 8.84. The number of alkyl halides is 3. The highest BCUT2D eigenvalue weighted by atomic mass is 35.5. The Bertz CT molecular complexity index is 1330. The fraction of sp³-hybridized carbons (Fsp3) is 0.556. The van der Waals surface area contributed by atoms with Gasteiger partial charge in [0.25, 0.3) is 5.91 Å². The van der Waals surface area contributed by atoms with Crippen LogP contribution in [0, 0.1) is 17.8 Å². The van der Waals surface area contributed by atoms with Gasteiger partial charge in [0.15, 0.2) is 5.78 Å². The number of H-pyrrole nitrogens is 1. The lowest BCUT2D eigenvalue weighted by atomic mass is 9.91. The van der Waals surface area contributed by atoms with Gasteiger partial charge in [0.1, 0.15) is 24.1 Å². The second-order valence-corrected chi connectivity index (χ2v) is 11.2. The minimum atomic E-state index is -4.67. The smallest absolute Gasteiger partial charge is 0.389 e. The molecule has 1 aromatic carbocycles. The number of carbonyl (C=O) groups is 4. The molecular formula is C27H29ClF3N3O5. The van der Waals surface area contributed by atoms with Gasteiger partial charge in [-0.05, 0) is 62.1 Å². The molecular weight excluding hydrogens is 539 g/mol. The number of Topliss-reactive ketones (excluding diaryl/α,β-unsaturated/α-hetero) is 2. The normalized spacial score (nSPS) is 25.8. The number of rotatable bonds is 7. The van der Waals surface area contributed by atoms with E-state index in [4.69, 9.17) is 11.6 Å². The van der Waals surface area contributed by atoms with E-state index in [9.17, 15) is 37.5 Å². The van der Waals surface area contributed by atoms with E-state index in [1.165, 1.54) is 11.0 Å². The summed E-state index contributed by atoms with van der Waals surface area (Å²) in [4.78, 5) is 55.9. The number of aliphatic hydroxyl groups is 1. The summed E-state index contributed by atoms with van der Waals surface area (Å²) in [5, 5.41) is 12.3. The first kappa shape index (κ1) is 27.6. The summed E-state index contributed by atoms with van der Waals surface area (Å²) in [6.07, 6.45) is -0.517. The number of likely N-dealkylation sites (tertiary alicyclic amines) is 1. The fourth-order valence-corrected chi connectivity index (χ4v) is 6.81. The molecule has 2 aromatic rings. The number of carbonyl (C=O) groups excluding carboxylic acids is 4. The maximum absolute atomic E-state index is 13.7. The Balaban J connectivity index is 1.43. The average molecular weight is 568 g/mol. The van der Waals surface area contributed by atoms with Gasteiger partial charge >= 0.3 is 6.18 Å². The highest BCUT2D eigenvalue weighted by Gasteiger charge is 2.50. The van der Waals surface area contributed by atoms with E-state index < -0.39 is 48.0 Å².